The van der Waals surface area contributed by atoms with Crippen LogP contribution in [0.3, 0.4) is 0 Å². The number of nitrogens with one attached hydrogen (secondary N) is 2. The lowest BCUT2D eigenvalue weighted by Crippen LogP contribution is -2.16. The van der Waals surface area contributed by atoms with Gasteiger partial charge in [0.2, 0.25) is 0 Å². The van der Waals surface area contributed by atoms with Crippen molar-refractivity contribution in [3.63, 3.8) is 0 Å². The summed E-state index contributed by atoms with van der Waals surface area (Å²) >= 11 is 0. The number of imidazole rings is 1. The molecule has 10 nitrogen and oxygen atoms in total. The molecule has 2 heterocycles. The Balaban J connectivity index is 1.77. The Bertz CT molecular complexity index is 1350. The number of para-hydroxylation sites is 2. The Morgan fingerprint density at radius 1 is 1.06 bits per heavy atom. The Labute approximate surface area is 178 Å². The fourth-order valence-electron chi connectivity index (χ4n) is 3.02. The first-order valence-electron chi connectivity index (χ1n) is 9.32. The lowest BCUT2D eigenvalue weighted by Gasteiger charge is -2.14. The number of aromatic nitrogens is 4. The van der Waals surface area contributed by atoms with E-state index >= 15 is 0 Å². The predicted molar refractivity (Wildman–Crippen MR) is 116 cm³/mol. The molecule has 0 bridgehead atoms. The first-order valence-corrected chi connectivity index (χ1v) is 10.8. The molecule has 2 aromatic heterocycles. The molecule has 4 rings (SSSR count). The summed E-state index contributed by atoms with van der Waals surface area (Å²) in [6, 6.07) is 11.8. The molecule has 0 saturated heterocycles. The molecule has 0 aliphatic heterocycles. The van der Waals surface area contributed by atoms with Crippen molar-refractivity contribution in [1.29, 1.82) is 0 Å². The van der Waals surface area contributed by atoms with Crippen molar-refractivity contribution >= 4 is 38.4 Å². The second kappa shape index (κ2) is 8.20. The first kappa shape index (κ1) is 20.6. The summed E-state index contributed by atoms with van der Waals surface area (Å²) < 4.78 is 29.6. The van der Waals surface area contributed by atoms with Gasteiger partial charge < -0.3 is 20.1 Å². The van der Waals surface area contributed by atoms with Crippen molar-refractivity contribution in [3.8, 4) is 5.75 Å². The molecular formula is C20H20N6O4S. The van der Waals surface area contributed by atoms with E-state index in [9.17, 15) is 18.6 Å². The predicted octanol–water partition coefficient (Wildman–Crippen LogP) is 2.15. The van der Waals surface area contributed by atoms with Crippen LogP contribution in [0, 0.1) is 0 Å². The highest BCUT2D eigenvalue weighted by Crippen LogP contribution is 2.29. The molecule has 4 N–H and O–H groups in total. The number of phenols is 1. The highest BCUT2D eigenvalue weighted by atomic mass is 32.2. The minimum Gasteiger partial charge on any atom is -0.508 e. The third-order valence-corrected chi connectivity index (χ3v) is 5.62. The van der Waals surface area contributed by atoms with Gasteiger partial charge in [0.25, 0.3) is 10.0 Å². The Kier molecular flexibility index (Phi) is 5.44. The average Bonchev–Trinajstić information content (AvgIpc) is 3.15. The number of aromatic hydroxyl groups is 1. The number of fused-ring (bicyclic) bond motifs is 1. The van der Waals surface area contributed by atoms with Gasteiger partial charge in [-0.15, -0.1) is 0 Å². The number of aryl methyl sites for hydroxylation is 1. The highest BCUT2D eigenvalue weighted by molar-refractivity contribution is 7.92. The van der Waals surface area contributed by atoms with E-state index in [-0.39, 0.29) is 29.0 Å². The zero-order valence-electron chi connectivity index (χ0n) is 16.5. The van der Waals surface area contributed by atoms with Crippen molar-refractivity contribution in [3.05, 3.63) is 60.6 Å². The minimum atomic E-state index is -4.01. The number of nitrogens with zero attached hydrogens (tertiary/aromatic N) is 4. The van der Waals surface area contributed by atoms with Crippen molar-refractivity contribution in [2.75, 3.05) is 16.6 Å². The Morgan fingerprint density at radius 2 is 1.77 bits per heavy atom. The van der Waals surface area contributed by atoms with Crippen LogP contribution in [0.25, 0.3) is 11.0 Å². The number of aliphatic hydroxyl groups excluding tert-OH is 1. The number of anilines is 3. The lowest BCUT2D eigenvalue weighted by molar-refractivity contribution is 0.299. The van der Waals surface area contributed by atoms with Crippen LogP contribution in [-0.2, 0) is 23.5 Å². The zero-order valence-corrected chi connectivity index (χ0v) is 17.3. The SMILES string of the molecule is Cn1cnc(S(=O)(=O)Nc2nc3ccccc3nc2Nc2cc(O)cc(CCO)c2)c1. The van der Waals surface area contributed by atoms with Crippen LogP contribution in [0.5, 0.6) is 5.75 Å². The standard InChI is InChI=1S/C20H20N6O4S/c1-26-11-18(21-12-26)31(29,30)25-20-19(23-16-4-2-3-5-17(16)24-20)22-14-8-13(6-7-27)9-15(28)10-14/h2-5,8-12,27-28H,6-7H2,1H3,(H,22,23)(H,24,25). The molecule has 31 heavy (non-hydrogen) atoms. The molecule has 11 heteroatoms. The highest BCUT2D eigenvalue weighted by Gasteiger charge is 2.21. The number of sulfonamides is 1. The maximum atomic E-state index is 12.8. The third kappa shape index (κ3) is 4.57. The van der Waals surface area contributed by atoms with Gasteiger partial charge in [0.15, 0.2) is 16.7 Å². The first-order chi connectivity index (χ1) is 14.8. The smallest absolute Gasteiger partial charge is 0.282 e. The van der Waals surface area contributed by atoms with Gasteiger partial charge in [-0.2, -0.15) is 8.42 Å². The van der Waals surface area contributed by atoms with Crippen LogP contribution < -0.4 is 10.0 Å². The van der Waals surface area contributed by atoms with Crippen molar-refractivity contribution in [1.82, 2.24) is 19.5 Å². The molecule has 0 amide bonds. The zero-order chi connectivity index (χ0) is 22.0. The number of rotatable bonds is 7. The van der Waals surface area contributed by atoms with E-state index in [0.29, 0.717) is 28.7 Å². The second-order valence-corrected chi connectivity index (χ2v) is 8.51. The molecule has 0 fully saturated rings. The van der Waals surface area contributed by atoms with E-state index in [1.807, 2.05) is 0 Å². The molecule has 0 unspecified atom stereocenters. The van der Waals surface area contributed by atoms with E-state index in [1.165, 1.54) is 29.2 Å². The van der Waals surface area contributed by atoms with E-state index in [0.717, 1.165) is 0 Å². The molecule has 160 valence electrons. The van der Waals surface area contributed by atoms with Crippen molar-refractivity contribution in [2.45, 2.75) is 11.4 Å². The summed E-state index contributed by atoms with van der Waals surface area (Å²) in [6.07, 6.45) is 3.11. The topological polar surface area (TPSA) is 142 Å². The molecule has 0 atom stereocenters. The fraction of sp³-hybridized carbons (Fsp3) is 0.150. The fourth-order valence-corrected chi connectivity index (χ4v) is 4.01. The Hall–Kier alpha value is -3.70. The van der Waals surface area contributed by atoms with E-state index in [1.54, 1.807) is 37.4 Å². The Morgan fingerprint density at radius 3 is 2.42 bits per heavy atom. The summed E-state index contributed by atoms with van der Waals surface area (Å²) in [6.45, 7) is -0.0756. The summed E-state index contributed by atoms with van der Waals surface area (Å²) in [5, 5.41) is 22.0. The van der Waals surface area contributed by atoms with E-state index in [2.05, 4.69) is 25.0 Å². The van der Waals surface area contributed by atoms with Crippen LogP contribution in [0.1, 0.15) is 5.56 Å². The molecule has 0 aliphatic rings. The molecule has 0 saturated carbocycles. The summed E-state index contributed by atoms with van der Waals surface area (Å²) in [7, 11) is -2.34. The molecule has 0 spiro atoms. The van der Waals surface area contributed by atoms with Gasteiger partial charge in [-0.25, -0.2) is 15.0 Å². The van der Waals surface area contributed by atoms with Crippen LogP contribution in [0.2, 0.25) is 0 Å². The minimum absolute atomic E-state index is 0.00202. The molecule has 4 aromatic rings. The quantitative estimate of drug-likeness (QED) is 0.342. The summed E-state index contributed by atoms with van der Waals surface area (Å²) in [4.78, 5) is 12.8. The summed E-state index contributed by atoms with van der Waals surface area (Å²) in [5.41, 5.74) is 2.23. The van der Waals surface area contributed by atoms with Gasteiger partial charge in [-0.05, 0) is 36.2 Å². The summed E-state index contributed by atoms with van der Waals surface area (Å²) in [5.74, 6) is 0.132. The number of phenolic OH excluding ortho intramolecular Hbond substituents is 1. The van der Waals surface area contributed by atoms with Gasteiger partial charge in [-0.3, -0.25) is 4.72 Å². The number of benzene rings is 2. The molecule has 2 aromatic carbocycles. The van der Waals surface area contributed by atoms with Crippen molar-refractivity contribution in [2.24, 2.45) is 7.05 Å². The van der Waals surface area contributed by atoms with Gasteiger partial charge in [0.1, 0.15) is 5.75 Å². The van der Waals surface area contributed by atoms with Gasteiger partial charge in [-0.1, -0.05) is 12.1 Å². The maximum Gasteiger partial charge on any atom is 0.282 e. The largest absolute Gasteiger partial charge is 0.508 e. The van der Waals surface area contributed by atoms with Crippen molar-refractivity contribution < 1.29 is 18.6 Å². The normalized spacial score (nSPS) is 11.5. The van der Waals surface area contributed by atoms with Crippen LogP contribution in [0.4, 0.5) is 17.3 Å². The van der Waals surface area contributed by atoms with Crippen LogP contribution >= 0.6 is 0 Å². The van der Waals surface area contributed by atoms with E-state index < -0.39 is 10.0 Å². The second-order valence-electron chi connectivity index (χ2n) is 6.88. The third-order valence-electron chi connectivity index (χ3n) is 4.40. The molecular weight excluding hydrogens is 420 g/mol. The average molecular weight is 440 g/mol. The number of hydrogen-bond donors (Lipinski definition) is 4. The number of hydrogen-bond acceptors (Lipinski definition) is 8. The van der Waals surface area contributed by atoms with E-state index in [4.69, 9.17) is 0 Å². The van der Waals surface area contributed by atoms with Crippen LogP contribution in [-0.4, -0.2) is 44.8 Å². The molecule has 0 radical (unpaired) electrons. The van der Waals surface area contributed by atoms with Crippen LogP contribution in [0.15, 0.2) is 60.0 Å². The van der Waals surface area contributed by atoms with Gasteiger partial charge >= 0.3 is 0 Å². The maximum absolute atomic E-state index is 12.8. The monoisotopic (exact) mass is 440 g/mol. The van der Waals surface area contributed by atoms with Gasteiger partial charge in [0.05, 0.1) is 17.4 Å². The number of aliphatic hydroxyl groups is 1. The molecule has 0 aliphatic carbocycles. The lowest BCUT2D eigenvalue weighted by atomic mass is 10.1. The van der Waals surface area contributed by atoms with Gasteiger partial charge in [0, 0.05) is 31.6 Å².